The van der Waals surface area contributed by atoms with Crippen molar-refractivity contribution in [2.75, 3.05) is 26.7 Å². The number of rotatable bonds is 4. The van der Waals surface area contributed by atoms with Crippen LogP contribution in [0.4, 0.5) is 0 Å². The molecule has 0 saturated carbocycles. The lowest BCUT2D eigenvalue weighted by atomic mass is 9.97. The smallest absolute Gasteiger partial charge is 0.169 e. The Labute approximate surface area is 112 Å². The number of hydrogen-bond acceptors (Lipinski definition) is 3. The van der Waals surface area contributed by atoms with Gasteiger partial charge in [-0.3, -0.25) is 0 Å². The normalized spacial score (nSPS) is 20.6. The van der Waals surface area contributed by atoms with E-state index in [1.807, 2.05) is 12.1 Å². The van der Waals surface area contributed by atoms with E-state index in [2.05, 4.69) is 40.1 Å². The van der Waals surface area contributed by atoms with Crippen molar-refractivity contribution in [2.24, 2.45) is 5.92 Å². The van der Waals surface area contributed by atoms with Gasteiger partial charge in [-0.2, -0.15) is 0 Å². The summed E-state index contributed by atoms with van der Waals surface area (Å²) in [5.41, 5.74) is 0. The average molecular weight is 301 g/mol. The van der Waals surface area contributed by atoms with Crippen molar-refractivity contribution in [3.8, 4) is 0 Å². The van der Waals surface area contributed by atoms with Crippen LogP contribution < -0.4 is 5.32 Å². The van der Waals surface area contributed by atoms with Crippen LogP contribution in [0.2, 0.25) is 0 Å². The lowest BCUT2D eigenvalue weighted by molar-refractivity contribution is 0.212. The molecule has 96 valence electrons. The summed E-state index contributed by atoms with van der Waals surface area (Å²) in [7, 11) is 2.20. The molecule has 1 atom stereocenters. The second-order valence-electron chi connectivity index (χ2n) is 5.02. The van der Waals surface area contributed by atoms with E-state index in [1.54, 1.807) is 0 Å². The molecule has 1 unspecified atom stereocenters. The van der Waals surface area contributed by atoms with E-state index >= 15 is 0 Å². The summed E-state index contributed by atoms with van der Waals surface area (Å²) in [6.07, 6.45) is 2.61. The van der Waals surface area contributed by atoms with E-state index in [1.165, 1.54) is 25.9 Å². The molecule has 1 aliphatic heterocycles. The Morgan fingerprint density at radius 2 is 2.18 bits per heavy atom. The summed E-state index contributed by atoms with van der Waals surface area (Å²) in [6, 6.07) is 4.26. The van der Waals surface area contributed by atoms with Gasteiger partial charge in [-0.15, -0.1) is 0 Å². The zero-order chi connectivity index (χ0) is 12.3. The number of piperidine rings is 1. The van der Waals surface area contributed by atoms with E-state index in [-0.39, 0.29) is 0 Å². The third kappa shape index (κ3) is 3.83. The Hall–Kier alpha value is -0.320. The third-order valence-electron chi connectivity index (χ3n) is 3.57. The molecule has 2 heterocycles. The lowest BCUT2D eigenvalue weighted by Crippen LogP contribution is -2.35. The molecule has 1 aromatic rings. The molecule has 2 rings (SSSR count). The van der Waals surface area contributed by atoms with Crippen LogP contribution in [-0.2, 0) is 0 Å². The molecule has 1 N–H and O–H groups in total. The highest BCUT2D eigenvalue weighted by Crippen LogP contribution is 2.21. The second-order valence-corrected chi connectivity index (χ2v) is 5.80. The summed E-state index contributed by atoms with van der Waals surface area (Å²) < 4.78 is 6.35. The van der Waals surface area contributed by atoms with E-state index in [0.717, 1.165) is 22.9 Å². The van der Waals surface area contributed by atoms with Gasteiger partial charge in [0.2, 0.25) is 0 Å². The van der Waals surface area contributed by atoms with Gasteiger partial charge in [0.15, 0.2) is 4.67 Å². The molecule has 1 saturated heterocycles. The molecule has 0 spiro atoms. The molecular formula is C13H21BrN2O. The summed E-state index contributed by atoms with van der Waals surface area (Å²) in [4.78, 5) is 2.41. The van der Waals surface area contributed by atoms with Gasteiger partial charge in [0.1, 0.15) is 5.76 Å². The van der Waals surface area contributed by atoms with Crippen LogP contribution in [0.25, 0.3) is 0 Å². The van der Waals surface area contributed by atoms with Crippen LogP contribution in [-0.4, -0.2) is 31.6 Å². The highest BCUT2D eigenvalue weighted by molar-refractivity contribution is 9.10. The second kappa shape index (κ2) is 6.03. The first kappa shape index (κ1) is 13.1. The highest BCUT2D eigenvalue weighted by Gasteiger charge is 2.18. The van der Waals surface area contributed by atoms with Crippen LogP contribution in [0.15, 0.2) is 21.2 Å². The maximum absolute atomic E-state index is 5.55. The van der Waals surface area contributed by atoms with E-state index in [0.29, 0.717) is 6.04 Å². The van der Waals surface area contributed by atoms with E-state index in [4.69, 9.17) is 4.42 Å². The SMILES string of the molecule is CC(NCC1CCN(C)CC1)c1ccc(Br)o1. The predicted molar refractivity (Wildman–Crippen MR) is 73.0 cm³/mol. The highest BCUT2D eigenvalue weighted by atomic mass is 79.9. The van der Waals surface area contributed by atoms with Gasteiger partial charge >= 0.3 is 0 Å². The largest absolute Gasteiger partial charge is 0.453 e. The van der Waals surface area contributed by atoms with Gasteiger partial charge in [-0.05, 0) is 80.4 Å². The molecule has 1 aromatic heterocycles. The van der Waals surface area contributed by atoms with Gasteiger partial charge in [-0.25, -0.2) is 0 Å². The van der Waals surface area contributed by atoms with Gasteiger partial charge in [0.05, 0.1) is 6.04 Å². The van der Waals surface area contributed by atoms with Crippen LogP contribution >= 0.6 is 15.9 Å². The molecule has 0 radical (unpaired) electrons. The Morgan fingerprint density at radius 3 is 2.76 bits per heavy atom. The first-order valence-corrected chi connectivity index (χ1v) is 7.11. The Kier molecular flexibility index (Phi) is 4.65. The monoisotopic (exact) mass is 300 g/mol. The van der Waals surface area contributed by atoms with Crippen molar-refractivity contribution in [3.63, 3.8) is 0 Å². The number of hydrogen-bond donors (Lipinski definition) is 1. The summed E-state index contributed by atoms with van der Waals surface area (Å²) in [5.74, 6) is 1.82. The van der Waals surface area contributed by atoms with Crippen molar-refractivity contribution in [3.05, 3.63) is 22.6 Å². The fraction of sp³-hybridized carbons (Fsp3) is 0.692. The van der Waals surface area contributed by atoms with Gasteiger partial charge in [-0.1, -0.05) is 0 Å². The predicted octanol–water partition coefficient (Wildman–Crippen LogP) is 3.03. The minimum absolute atomic E-state index is 0.293. The third-order valence-corrected chi connectivity index (χ3v) is 4.00. The van der Waals surface area contributed by atoms with Crippen molar-refractivity contribution in [1.29, 1.82) is 0 Å². The van der Waals surface area contributed by atoms with E-state index < -0.39 is 0 Å². The van der Waals surface area contributed by atoms with E-state index in [9.17, 15) is 0 Å². The van der Waals surface area contributed by atoms with Crippen LogP contribution in [0.3, 0.4) is 0 Å². The lowest BCUT2D eigenvalue weighted by Gasteiger charge is -2.29. The average Bonchev–Trinajstić information content (AvgIpc) is 2.75. The molecule has 4 heteroatoms. The van der Waals surface area contributed by atoms with Crippen LogP contribution in [0.1, 0.15) is 31.6 Å². The molecule has 0 amide bonds. The van der Waals surface area contributed by atoms with Crippen molar-refractivity contribution in [1.82, 2.24) is 10.2 Å². The Morgan fingerprint density at radius 1 is 1.47 bits per heavy atom. The topological polar surface area (TPSA) is 28.4 Å². The van der Waals surface area contributed by atoms with Gasteiger partial charge < -0.3 is 14.6 Å². The van der Waals surface area contributed by atoms with Crippen LogP contribution in [0, 0.1) is 5.92 Å². The molecule has 3 nitrogen and oxygen atoms in total. The molecule has 0 aliphatic carbocycles. The van der Waals surface area contributed by atoms with Crippen molar-refractivity contribution in [2.45, 2.75) is 25.8 Å². The van der Waals surface area contributed by atoms with Gasteiger partial charge in [0.25, 0.3) is 0 Å². The summed E-state index contributed by atoms with van der Waals surface area (Å²) >= 11 is 3.33. The van der Waals surface area contributed by atoms with Crippen molar-refractivity contribution < 1.29 is 4.42 Å². The fourth-order valence-electron chi connectivity index (χ4n) is 2.27. The quantitative estimate of drug-likeness (QED) is 0.926. The summed E-state index contributed by atoms with van der Waals surface area (Å²) in [6.45, 7) is 5.70. The first-order chi connectivity index (χ1) is 8.15. The standard InChI is InChI=1S/C13H21BrN2O/c1-10(12-3-4-13(14)17-12)15-9-11-5-7-16(2)8-6-11/h3-4,10-11,15H,5-9H2,1-2H3. The van der Waals surface area contributed by atoms with Crippen molar-refractivity contribution >= 4 is 15.9 Å². The molecule has 0 aromatic carbocycles. The number of nitrogens with one attached hydrogen (secondary N) is 1. The Balaban J connectivity index is 1.74. The molecule has 17 heavy (non-hydrogen) atoms. The van der Waals surface area contributed by atoms with Crippen LogP contribution in [0.5, 0.6) is 0 Å². The number of likely N-dealkylation sites (tertiary alicyclic amines) is 1. The maximum Gasteiger partial charge on any atom is 0.169 e. The number of furan rings is 1. The molecule has 1 aliphatic rings. The fourth-order valence-corrected chi connectivity index (χ4v) is 2.59. The maximum atomic E-state index is 5.55. The van der Waals surface area contributed by atoms with Gasteiger partial charge in [0, 0.05) is 0 Å². The number of halogens is 1. The molecule has 1 fully saturated rings. The minimum atomic E-state index is 0.293. The minimum Gasteiger partial charge on any atom is -0.453 e. The first-order valence-electron chi connectivity index (χ1n) is 6.32. The zero-order valence-electron chi connectivity index (χ0n) is 10.6. The summed E-state index contributed by atoms with van der Waals surface area (Å²) in [5, 5.41) is 3.56. The molecular weight excluding hydrogens is 280 g/mol. The number of nitrogens with zero attached hydrogens (tertiary/aromatic N) is 1. The zero-order valence-corrected chi connectivity index (χ0v) is 12.2. The Bertz CT molecular complexity index is 345. The molecule has 0 bridgehead atoms.